The molecule has 6 heteroatoms. The molecule has 6 nitrogen and oxygen atoms in total. The van der Waals surface area contributed by atoms with Gasteiger partial charge in [-0.3, -0.25) is 4.79 Å². The average Bonchev–Trinajstić information content (AvgIpc) is 3.04. The molecule has 1 saturated heterocycles. The molecule has 1 aliphatic heterocycles. The van der Waals surface area contributed by atoms with Gasteiger partial charge in [-0.25, -0.2) is 0 Å². The fourth-order valence-corrected chi connectivity index (χ4v) is 2.56. The topological polar surface area (TPSA) is 80.0 Å². The molecule has 0 saturated carbocycles. The van der Waals surface area contributed by atoms with Crippen LogP contribution in [-0.2, 0) is 0 Å². The smallest absolute Gasteiger partial charge is 0.251 e. The monoisotopic (exact) mass is 286 g/mol. The van der Waals surface area contributed by atoms with E-state index in [9.17, 15) is 4.79 Å². The van der Waals surface area contributed by atoms with Gasteiger partial charge in [0, 0.05) is 23.2 Å². The van der Waals surface area contributed by atoms with E-state index in [4.69, 9.17) is 4.52 Å². The second-order valence-corrected chi connectivity index (χ2v) is 5.30. The molecule has 0 bridgehead atoms. The van der Waals surface area contributed by atoms with E-state index in [1.54, 1.807) is 12.1 Å². The van der Waals surface area contributed by atoms with Crippen LogP contribution in [0.2, 0.25) is 0 Å². The van der Waals surface area contributed by atoms with Crippen LogP contribution in [0.3, 0.4) is 0 Å². The zero-order valence-corrected chi connectivity index (χ0v) is 11.9. The number of carbonyl (C=O) groups excluding carboxylic acids is 1. The molecule has 2 heterocycles. The lowest BCUT2D eigenvalue weighted by Gasteiger charge is -2.30. The molecule has 2 N–H and O–H groups in total. The van der Waals surface area contributed by atoms with Gasteiger partial charge in [0.2, 0.25) is 12.2 Å². The molecule has 1 aromatic heterocycles. The summed E-state index contributed by atoms with van der Waals surface area (Å²) >= 11 is 0. The standard InChI is InChI=1S/C15H18N4O2/c1-10-13(3-2-8-16-10)18-15(20)12-6-4-11(5-7-12)14-17-9-21-19-14/h4-7,9-10,13,16H,2-3,8H2,1H3,(H,18,20). The summed E-state index contributed by atoms with van der Waals surface area (Å²) in [5.74, 6) is 0.474. The van der Waals surface area contributed by atoms with E-state index in [1.807, 2.05) is 12.1 Å². The third-order valence-corrected chi connectivity index (χ3v) is 3.84. The van der Waals surface area contributed by atoms with Crippen LogP contribution in [-0.4, -0.2) is 34.7 Å². The van der Waals surface area contributed by atoms with E-state index in [-0.39, 0.29) is 11.9 Å². The van der Waals surface area contributed by atoms with Crippen molar-refractivity contribution in [2.45, 2.75) is 31.8 Å². The Morgan fingerprint density at radius 1 is 1.38 bits per heavy atom. The summed E-state index contributed by atoms with van der Waals surface area (Å²) in [5, 5.41) is 10.2. The van der Waals surface area contributed by atoms with E-state index in [0.717, 1.165) is 24.9 Å². The molecule has 1 aromatic carbocycles. The van der Waals surface area contributed by atoms with Crippen LogP contribution in [0.5, 0.6) is 0 Å². The first-order chi connectivity index (χ1) is 10.2. The van der Waals surface area contributed by atoms with Gasteiger partial charge in [-0.1, -0.05) is 17.3 Å². The van der Waals surface area contributed by atoms with Crippen molar-refractivity contribution in [3.63, 3.8) is 0 Å². The minimum absolute atomic E-state index is 0.0461. The number of amides is 1. The first-order valence-electron chi connectivity index (χ1n) is 7.15. The number of rotatable bonds is 3. The number of nitrogens with one attached hydrogen (secondary N) is 2. The van der Waals surface area contributed by atoms with Crippen LogP contribution in [0.4, 0.5) is 0 Å². The van der Waals surface area contributed by atoms with Crippen molar-refractivity contribution < 1.29 is 9.32 Å². The minimum atomic E-state index is -0.0461. The van der Waals surface area contributed by atoms with E-state index in [2.05, 4.69) is 27.7 Å². The van der Waals surface area contributed by atoms with Crippen molar-refractivity contribution in [2.75, 3.05) is 6.54 Å². The molecule has 2 unspecified atom stereocenters. The Hall–Kier alpha value is -2.21. The highest BCUT2D eigenvalue weighted by molar-refractivity contribution is 5.94. The quantitative estimate of drug-likeness (QED) is 0.896. The van der Waals surface area contributed by atoms with Crippen LogP contribution < -0.4 is 10.6 Å². The van der Waals surface area contributed by atoms with Gasteiger partial charge in [0.1, 0.15) is 0 Å². The number of hydrogen-bond donors (Lipinski definition) is 2. The average molecular weight is 286 g/mol. The summed E-state index contributed by atoms with van der Waals surface area (Å²) in [6.07, 6.45) is 3.39. The fraction of sp³-hybridized carbons (Fsp3) is 0.400. The Kier molecular flexibility index (Phi) is 3.96. The summed E-state index contributed by atoms with van der Waals surface area (Å²) in [7, 11) is 0. The number of benzene rings is 1. The molecule has 110 valence electrons. The van der Waals surface area contributed by atoms with Gasteiger partial charge < -0.3 is 15.2 Å². The highest BCUT2D eigenvalue weighted by atomic mass is 16.5. The van der Waals surface area contributed by atoms with Crippen molar-refractivity contribution in [3.8, 4) is 11.4 Å². The Labute approximate surface area is 122 Å². The van der Waals surface area contributed by atoms with Crippen LogP contribution in [0.1, 0.15) is 30.1 Å². The van der Waals surface area contributed by atoms with Gasteiger partial charge in [0.15, 0.2) is 0 Å². The fourth-order valence-electron chi connectivity index (χ4n) is 2.56. The van der Waals surface area contributed by atoms with E-state index in [1.165, 1.54) is 6.39 Å². The van der Waals surface area contributed by atoms with Gasteiger partial charge in [0.05, 0.1) is 0 Å². The molecule has 0 aliphatic carbocycles. The third kappa shape index (κ3) is 3.11. The van der Waals surface area contributed by atoms with Gasteiger partial charge in [-0.05, 0) is 38.4 Å². The van der Waals surface area contributed by atoms with Crippen molar-refractivity contribution in [1.29, 1.82) is 0 Å². The lowest BCUT2D eigenvalue weighted by atomic mass is 9.99. The van der Waals surface area contributed by atoms with E-state index >= 15 is 0 Å². The van der Waals surface area contributed by atoms with E-state index < -0.39 is 0 Å². The number of aromatic nitrogens is 2. The largest absolute Gasteiger partial charge is 0.348 e. The normalized spacial score (nSPS) is 22.0. The zero-order chi connectivity index (χ0) is 14.7. The van der Waals surface area contributed by atoms with Gasteiger partial charge in [0.25, 0.3) is 5.91 Å². The molecular formula is C15H18N4O2. The highest BCUT2D eigenvalue weighted by Crippen LogP contribution is 2.16. The lowest BCUT2D eigenvalue weighted by Crippen LogP contribution is -2.51. The molecule has 2 aromatic rings. The second-order valence-electron chi connectivity index (χ2n) is 5.30. The van der Waals surface area contributed by atoms with Gasteiger partial charge >= 0.3 is 0 Å². The number of nitrogens with zero attached hydrogens (tertiary/aromatic N) is 2. The summed E-state index contributed by atoms with van der Waals surface area (Å²) in [5.41, 5.74) is 1.47. The van der Waals surface area contributed by atoms with Crippen LogP contribution in [0, 0.1) is 0 Å². The minimum Gasteiger partial charge on any atom is -0.348 e. The van der Waals surface area contributed by atoms with Crippen LogP contribution >= 0.6 is 0 Å². The van der Waals surface area contributed by atoms with Crippen molar-refractivity contribution in [2.24, 2.45) is 0 Å². The zero-order valence-electron chi connectivity index (χ0n) is 11.9. The SMILES string of the molecule is CC1NCCCC1NC(=O)c1ccc(-c2ncon2)cc1. The summed E-state index contributed by atoms with van der Waals surface area (Å²) in [6, 6.07) is 7.69. The van der Waals surface area contributed by atoms with Crippen molar-refractivity contribution in [1.82, 2.24) is 20.8 Å². The Morgan fingerprint density at radius 2 is 2.19 bits per heavy atom. The maximum absolute atomic E-state index is 12.3. The summed E-state index contributed by atoms with van der Waals surface area (Å²) < 4.78 is 4.71. The molecule has 1 aliphatic rings. The Bertz CT molecular complexity index is 595. The lowest BCUT2D eigenvalue weighted by molar-refractivity contribution is 0.0920. The predicted octanol–water partition coefficient (Wildman–Crippen LogP) is 1.61. The molecule has 0 spiro atoms. The molecule has 1 amide bonds. The first kappa shape index (κ1) is 13.8. The summed E-state index contributed by atoms with van der Waals surface area (Å²) in [4.78, 5) is 16.2. The molecular weight excluding hydrogens is 268 g/mol. The highest BCUT2D eigenvalue weighted by Gasteiger charge is 2.22. The van der Waals surface area contributed by atoms with Crippen molar-refractivity contribution >= 4 is 5.91 Å². The molecule has 0 radical (unpaired) electrons. The maximum atomic E-state index is 12.3. The Morgan fingerprint density at radius 3 is 2.86 bits per heavy atom. The van der Waals surface area contributed by atoms with Gasteiger partial charge in [-0.15, -0.1) is 0 Å². The number of hydrogen-bond acceptors (Lipinski definition) is 5. The van der Waals surface area contributed by atoms with E-state index in [0.29, 0.717) is 17.4 Å². The summed E-state index contributed by atoms with van der Waals surface area (Å²) in [6.45, 7) is 3.12. The predicted molar refractivity (Wildman–Crippen MR) is 77.7 cm³/mol. The maximum Gasteiger partial charge on any atom is 0.251 e. The van der Waals surface area contributed by atoms with Crippen molar-refractivity contribution in [3.05, 3.63) is 36.2 Å². The molecule has 21 heavy (non-hydrogen) atoms. The van der Waals surface area contributed by atoms with Gasteiger partial charge in [-0.2, -0.15) is 4.98 Å². The second kappa shape index (κ2) is 6.05. The number of carbonyl (C=O) groups is 1. The third-order valence-electron chi connectivity index (χ3n) is 3.84. The molecule has 3 rings (SSSR count). The number of piperidine rings is 1. The molecule has 2 atom stereocenters. The van der Waals surface area contributed by atoms with Crippen LogP contribution in [0.25, 0.3) is 11.4 Å². The first-order valence-corrected chi connectivity index (χ1v) is 7.15. The molecule has 1 fully saturated rings. The van der Waals surface area contributed by atoms with Crippen LogP contribution in [0.15, 0.2) is 35.2 Å². The Balaban J connectivity index is 1.67.